The highest BCUT2D eigenvalue weighted by Gasteiger charge is 2.03. The van der Waals surface area contributed by atoms with Gasteiger partial charge in [0.05, 0.1) is 10.7 Å². The molecule has 0 aromatic carbocycles. The Bertz CT molecular complexity index is 284. The van der Waals surface area contributed by atoms with Gasteiger partial charge in [-0.15, -0.1) is 11.3 Å². The van der Waals surface area contributed by atoms with Gasteiger partial charge in [-0.2, -0.15) is 11.8 Å². The van der Waals surface area contributed by atoms with Gasteiger partial charge in [-0.05, 0) is 38.3 Å². The predicted octanol–water partition coefficient (Wildman–Crippen LogP) is 2.99. The molecule has 0 aliphatic carbocycles. The highest BCUT2D eigenvalue weighted by atomic mass is 32.2. The first-order chi connectivity index (χ1) is 7.24. The van der Waals surface area contributed by atoms with E-state index in [1.54, 1.807) is 11.3 Å². The average Bonchev–Trinajstić information content (AvgIpc) is 2.51. The Morgan fingerprint density at radius 3 is 2.80 bits per heavy atom. The van der Waals surface area contributed by atoms with Gasteiger partial charge in [-0.1, -0.05) is 6.92 Å². The maximum atomic E-state index is 4.41. The number of nitrogens with one attached hydrogen (secondary N) is 1. The normalized spacial score (nSPS) is 10.9. The van der Waals surface area contributed by atoms with Crippen LogP contribution in [0.5, 0.6) is 0 Å². The number of thiazole rings is 1. The number of nitrogens with zero attached hydrogens (tertiary/aromatic N) is 1. The fourth-order valence-corrected chi connectivity index (χ4v) is 2.93. The minimum Gasteiger partial charge on any atom is -0.312 e. The van der Waals surface area contributed by atoms with E-state index >= 15 is 0 Å². The van der Waals surface area contributed by atoms with Crippen molar-refractivity contribution in [3.05, 3.63) is 15.6 Å². The molecule has 1 rings (SSSR count). The molecule has 0 aliphatic rings. The molecule has 0 radical (unpaired) electrons. The molecule has 0 atom stereocenters. The minimum atomic E-state index is 0.980. The summed E-state index contributed by atoms with van der Waals surface area (Å²) in [5, 5.41) is 4.64. The van der Waals surface area contributed by atoms with Crippen LogP contribution in [0.3, 0.4) is 0 Å². The molecule has 86 valence electrons. The Balaban J connectivity index is 2.12. The lowest BCUT2D eigenvalue weighted by Gasteiger charge is -2.02. The zero-order valence-corrected chi connectivity index (χ0v) is 11.4. The summed E-state index contributed by atoms with van der Waals surface area (Å²) in [6.45, 7) is 8.46. The SMILES string of the molecule is CCSCCCNCc1sc(C)nc1C. The molecule has 0 amide bonds. The Morgan fingerprint density at radius 2 is 2.20 bits per heavy atom. The van der Waals surface area contributed by atoms with Crippen molar-refractivity contribution in [1.82, 2.24) is 10.3 Å². The van der Waals surface area contributed by atoms with Crippen LogP contribution in [0.4, 0.5) is 0 Å². The van der Waals surface area contributed by atoms with Crippen molar-refractivity contribution >= 4 is 23.1 Å². The quantitative estimate of drug-likeness (QED) is 0.746. The summed E-state index contributed by atoms with van der Waals surface area (Å²) in [6.07, 6.45) is 1.26. The van der Waals surface area contributed by atoms with Gasteiger partial charge in [-0.25, -0.2) is 4.98 Å². The van der Waals surface area contributed by atoms with Gasteiger partial charge >= 0.3 is 0 Å². The standard InChI is InChI=1S/C11H20N2S2/c1-4-14-7-5-6-12-8-11-9(2)13-10(3)15-11/h12H,4-8H2,1-3H3. The summed E-state index contributed by atoms with van der Waals surface area (Å²) in [5.41, 5.74) is 1.19. The molecule has 4 heteroatoms. The van der Waals surface area contributed by atoms with E-state index in [1.807, 2.05) is 11.8 Å². The number of thioether (sulfide) groups is 1. The maximum absolute atomic E-state index is 4.41. The topological polar surface area (TPSA) is 24.9 Å². The van der Waals surface area contributed by atoms with E-state index in [1.165, 1.54) is 33.5 Å². The Hall–Kier alpha value is -0.0600. The van der Waals surface area contributed by atoms with E-state index in [4.69, 9.17) is 0 Å². The van der Waals surface area contributed by atoms with Crippen molar-refractivity contribution in [3.63, 3.8) is 0 Å². The van der Waals surface area contributed by atoms with Crippen molar-refractivity contribution in [2.24, 2.45) is 0 Å². The van der Waals surface area contributed by atoms with E-state index in [2.05, 4.69) is 31.1 Å². The Morgan fingerprint density at radius 1 is 1.40 bits per heavy atom. The lowest BCUT2D eigenvalue weighted by Crippen LogP contribution is -2.15. The maximum Gasteiger partial charge on any atom is 0.0900 e. The molecule has 0 saturated heterocycles. The smallest absolute Gasteiger partial charge is 0.0900 e. The van der Waals surface area contributed by atoms with E-state index in [0.29, 0.717) is 0 Å². The van der Waals surface area contributed by atoms with Gasteiger partial charge in [0, 0.05) is 11.4 Å². The van der Waals surface area contributed by atoms with Crippen LogP contribution in [0.25, 0.3) is 0 Å². The van der Waals surface area contributed by atoms with Gasteiger partial charge in [0.1, 0.15) is 0 Å². The van der Waals surface area contributed by atoms with Crippen LogP contribution in [0.1, 0.15) is 28.9 Å². The third-order valence-electron chi connectivity index (χ3n) is 2.13. The second-order valence-corrected chi connectivity index (χ2v) is 6.15. The van der Waals surface area contributed by atoms with E-state index < -0.39 is 0 Å². The number of hydrogen-bond donors (Lipinski definition) is 1. The zero-order valence-electron chi connectivity index (χ0n) is 9.80. The highest BCUT2D eigenvalue weighted by Crippen LogP contribution is 2.16. The summed E-state index contributed by atoms with van der Waals surface area (Å²) in [5.74, 6) is 2.50. The van der Waals surface area contributed by atoms with Crippen molar-refractivity contribution in [2.75, 3.05) is 18.1 Å². The summed E-state index contributed by atoms with van der Waals surface area (Å²) >= 11 is 3.82. The molecular formula is C11H20N2S2. The molecule has 15 heavy (non-hydrogen) atoms. The number of hydrogen-bond acceptors (Lipinski definition) is 4. The van der Waals surface area contributed by atoms with E-state index in [0.717, 1.165) is 13.1 Å². The Labute approximate surface area is 101 Å². The van der Waals surface area contributed by atoms with Crippen LogP contribution in [-0.4, -0.2) is 23.0 Å². The van der Waals surface area contributed by atoms with Crippen molar-refractivity contribution in [2.45, 2.75) is 33.7 Å². The average molecular weight is 244 g/mol. The van der Waals surface area contributed by atoms with Crippen molar-refractivity contribution in [1.29, 1.82) is 0 Å². The third-order valence-corrected chi connectivity index (χ3v) is 4.19. The van der Waals surface area contributed by atoms with Crippen molar-refractivity contribution < 1.29 is 0 Å². The van der Waals surface area contributed by atoms with Crippen molar-refractivity contribution in [3.8, 4) is 0 Å². The number of aromatic nitrogens is 1. The molecule has 0 aliphatic heterocycles. The van der Waals surface area contributed by atoms with Gasteiger partial charge in [0.25, 0.3) is 0 Å². The highest BCUT2D eigenvalue weighted by molar-refractivity contribution is 7.99. The first-order valence-electron chi connectivity index (χ1n) is 5.45. The molecule has 0 unspecified atom stereocenters. The predicted molar refractivity (Wildman–Crippen MR) is 70.9 cm³/mol. The molecule has 0 saturated carbocycles. The molecule has 1 N–H and O–H groups in total. The second-order valence-electron chi connectivity index (χ2n) is 3.47. The molecule has 1 heterocycles. The van der Waals surface area contributed by atoms with Crippen LogP contribution in [0.15, 0.2) is 0 Å². The van der Waals surface area contributed by atoms with E-state index in [9.17, 15) is 0 Å². The monoisotopic (exact) mass is 244 g/mol. The Kier molecular flexibility index (Phi) is 6.29. The number of aryl methyl sites for hydroxylation is 2. The van der Waals surface area contributed by atoms with Gasteiger partial charge in [0.15, 0.2) is 0 Å². The molecular weight excluding hydrogens is 224 g/mol. The molecule has 0 bridgehead atoms. The first-order valence-corrected chi connectivity index (χ1v) is 7.42. The molecule has 1 aromatic heterocycles. The fourth-order valence-electron chi connectivity index (χ4n) is 1.38. The molecule has 0 fully saturated rings. The molecule has 2 nitrogen and oxygen atoms in total. The summed E-state index contributed by atoms with van der Waals surface area (Å²) in [4.78, 5) is 5.80. The van der Waals surface area contributed by atoms with Crippen LogP contribution < -0.4 is 5.32 Å². The summed E-state index contributed by atoms with van der Waals surface area (Å²) in [7, 11) is 0. The zero-order chi connectivity index (χ0) is 11.1. The number of rotatable bonds is 7. The second kappa shape index (κ2) is 7.25. The van der Waals surface area contributed by atoms with E-state index in [-0.39, 0.29) is 0 Å². The van der Waals surface area contributed by atoms with Gasteiger partial charge < -0.3 is 5.32 Å². The largest absolute Gasteiger partial charge is 0.312 e. The minimum absolute atomic E-state index is 0.980. The summed E-state index contributed by atoms with van der Waals surface area (Å²) < 4.78 is 0. The molecule has 1 aromatic rings. The lowest BCUT2D eigenvalue weighted by molar-refractivity contribution is 0.682. The van der Waals surface area contributed by atoms with Gasteiger partial charge in [-0.3, -0.25) is 0 Å². The van der Waals surface area contributed by atoms with Crippen LogP contribution in [0.2, 0.25) is 0 Å². The summed E-state index contributed by atoms with van der Waals surface area (Å²) in [6, 6.07) is 0. The van der Waals surface area contributed by atoms with Crippen LogP contribution in [-0.2, 0) is 6.54 Å². The first kappa shape index (κ1) is 13.0. The van der Waals surface area contributed by atoms with Gasteiger partial charge in [0.2, 0.25) is 0 Å². The lowest BCUT2D eigenvalue weighted by atomic mass is 10.4. The fraction of sp³-hybridized carbons (Fsp3) is 0.727. The molecule has 0 spiro atoms. The van der Waals surface area contributed by atoms with Crippen LogP contribution >= 0.6 is 23.1 Å². The van der Waals surface area contributed by atoms with Crippen LogP contribution in [0, 0.1) is 13.8 Å². The third kappa shape index (κ3) is 5.00.